The molecule has 1 aliphatic rings. The number of fused-ring (bicyclic) bond motifs is 1. The van der Waals surface area contributed by atoms with Crippen molar-refractivity contribution >= 4 is 0 Å². The zero-order chi connectivity index (χ0) is 14.1. The molecule has 1 aromatic rings. The molecule has 0 aliphatic carbocycles. The van der Waals surface area contributed by atoms with Gasteiger partial charge in [0.05, 0.1) is 0 Å². The fourth-order valence-electron chi connectivity index (χ4n) is 2.48. The van der Waals surface area contributed by atoms with Crippen molar-refractivity contribution in [2.45, 2.75) is 58.2 Å². The number of hydrogen-bond donors (Lipinski definition) is 2. The highest BCUT2D eigenvalue weighted by Gasteiger charge is 2.29. The molecule has 0 fully saturated rings. The second kappa shape index (κ2) is 5.14. The predicted molar refractivity (Wildman–Crippen MR) is 77.5 cm³/mol. The van der Waals surface area contributed by atoms with Crippen LogP contribution in [0.5, 0.6) is 5.75 Å². The molecule has 0 bridgehead atoms. The molecule has 0 saturated carbocycles. The Balaban J connectivity index is 2.01. The molecule has 3 nitrogen and oxygen atoms in total. The number of aliphatic hydroxyl groups is 1. The topological polar surface area (TPSA) is 41.5 Å². The highest BCUT2D eigenvalue weighted by molar-refractivity contribution is 5.41. The third-order valence-electron chi connectivity index (χ3n) is 3.64. The van der Waals surface area contributed by atoms with Crippen LogP contribution in [0.25, 0.3) is 0 Å². The zero-order valence-electron chi connectivity index (χ0n) is 12.4. The molecule has 0 aromatic heterocycles. The Bertz CT molecular complexity index is 452. The minimum atomic E-state index is -0.0788. The van der Waals surface area contributed by atoms with Crippen molar-refractivity contribution in [1.29, 1.82) is 0 Å². The van der Waals surface area contributed by atoms with E-state index < -0.39 is 0 Å². The van der Waals surface area contributed by atoms with Crippen molar-refractivity contribution in [1.82, 2.24) is 5.32 Å². The van der Waals surface area contributed by atoms with E-state index in [1.807, 2.05) is 0 Å². The number of ether oxygens (including phenoxy) is 1. The molecule has 0 saturated heterocycles. The van der Waals surface area contributed by atoms with Gasteiger partial charge >= 0.3 is 0 Å². The molecule has 1 heterocycles. The summed E-state index contributed by atoms with van der Waals surface area (Å²) in [4.78, 5) is 0. The molecule has 2 N–H and O–H groups in total. The van der Waals surface area contributed by atoms with Gasteiger partial charge in [0.25, 0.3) is 0 Å². The van der Waals surface area contributed by atoms with Crippen molar-refractivity contribution in [3.63, 3.8) is 0 Å². The molecule has 2 rings (SSSR count). The van der Waals surface area contributed by atoms with Crippen molar-refractivity contribution in [2.75, 3.05) is 6.61 Å². The van der Waals surface area contributed by atoms with Gasteiger partial charge in [-0.3, -0.25) is 0 Å². The lowest BCUT2D eigenvalue weighted by Gasteiger charge is -2.25. The molecule has 0 unspecified atom stereocenters. The van der Waals surface area contributed by atoms with Crippen molar-refractivity contribution < 1.29 is 9.84 Å². The maximum Gasteiger partial charge on any atom is 0.123 e. The molecule has 1 aromatic carbocycles. The first-order chi connectivity index (χ1) is 8.81. The molecular formula is C16H25NO2. The Morgan fingerprint density at radius 2 is 2.11 bits per heavy atom. The number of nitrogens with one attached hydrogen (secondary N) is 1. The molecule has 1 aliphatic heterocycles. The predicted octanol–water partition coefficient (Wildman–Crippen LogP) is 2.65. The first-order valence-electron chi connectivity index (χ1n) is 6.98. The zero-order valence-corrected chi connectivity index (χ0v) is 12.4. The van der Waals surface area contributed by atoms with Crippen LogP contribution in [0.15, 0.2) is 18.2 Å². The standard InChI is InChI=1S/C16H25NO2/c1-15(2,7-8-18)17-11-12-5-6-14-13(9-12)10-16(3,4)19-14/h5-6,9,17-18H,7-8,10-11H2,1-4H3. The fourth-order valence-corrected chi connectivity index (χ4v) is 2.48. The van der Waals surface area contributed by atoms with Gasteiger partial charge in [0.2, 0.25) is 0 Å². The van der Waals surface area contributed by atoms with E-state index in [-0.39, 0.29) is 17.7 Å². The van der Waals surface area contributed by atoms with Gasteiger partial charge in [-0.05, 0) is 51.3 Å². The maximum absolute atomic E-state index is 9.03. The summed E-state index contributed by atoms with van der Waals surface area (Å²) in [7, 11) is 0. The van der Waals surface area contributed by atoms with E-state index in [0.717, 1.165) is 25.1 Å². The number of benzene rings is 1. The Hall–Kier alpha value is -1.06. The maximum atomic E-state index is 9.03. The van der Waals surface area contributed by atoms with E-state index in [1.165, 1.54) is 11.1 Å². The van der Waals surface area contributed by atoms with Crippen LogP contribution >= 0.6 is 0 Å². The summed E-state index contributed by atoms with van der Waals surface area (Å²) >= 11 is 0. The lowest BCUT2D eigenvalue weighted by Crippen LogP contribution is -2.39. The summed E-state index contributed by atoms with van der Waals surface area (Å²) in [5.41, 5.74) is 2.45. The lowest BCUT2D eigenvalue weighted by atomic mass is 9.98. The molecule has 0 atom stereocenters. The minimum absolute atomic E-state index is 0.0382. The van der Waals surface area contributed by atoms with E-state index >= 15 is 0 Å². The van der Waals surface area contributed by atoms with Gasteiger partial charge in [0, 0.05) is 25.1 Å². The second-order valence-corrected chi connectivity index (χ2v) is 6.69. The van der Waals surface area contributed by atoms with Gasteiger partial charge in [-0.2, -0.15) is 0 Å². The van der Waals surface area contributed by atoms with Crippen LogP contribution in [0.2, 0.25) is 0 Å². The highest BCUT2D eigenvalue weighted by Crippen LogP contribution is 2.35. The SMILES string of the molecule is CC(C)(CCO)NCc1ccc2c(c1)CC(C)(C)O2. The Kier molecular flexibility index (Phi) is 3.88. The summed E-state index contributed by atoms with van der Waals surface area (Å²) in [5, 5.41) is 12.5. The lowest BCUT2D eigenvalue weighted by molar-refractivity contribution is 0.138. The van der Waals surface area contributed by atoms with Crippen molar-refractivity contribution in [3.05, 3.63) is 29.3 Å². The molecule has 19 heavy (non-hydrogen) atoms. The molecule has 0 amide bonds. The monoisotopic (exact) mass is 263 g/mol. The van der Waals surface area contributed by atoms with Crippen LogP contribution in [0.1, 0.15) is 45.2 Å². The average molecular weight is 263 g/mol. The summed E-state index contributed by atoms with van der Waals surface area (Å²) in [6.45, 7) is 9.50. The van der Waals surface area contributed by atoms with Crippen LogP contribution in [0.3, 0.4) is 0 Å². The third-order valence-corrected chi connectivity index (χ3v) is 3.64. The molecule has 106 valence electrons. The van der Waals surface area contributed by atoms with Crippen LogP contribution < -0.4 is 10.1 Å². The highest BCUT2D eigenvalue weighted by atomic mass is 16.5. The van der Waals surface area contributed by atoms with Gasteiger partial charge in [0.1, 0.15) is 11.4 Å². The van der Waals surface area contributed by atoms with E-state index in [1.54, 1.807) is 0 Å². The smallest absolute Gasteiger partial charge is 0.123 e. The number of hydrogen-bond acceptors (Lipinski definition) is 3. The fraction of sp³-hybridized carbons (Fsp3) is 0.625. The summed E-state index contributed by atoms with van der Waals surface area (Å²) in [6, 6.07) is 6.41. The van der Waals surface area contributed by atoms with E-state index in [9.17, 15) is 0 Å². The van der Waals surface area contributed by atoms with Crippen LogP contribution in [0.4, 0.5) is 0 Å². The van der Waals surface area contributed by atoms with Gasteiger partial charge in [0.15, 0.2) is 0 Å². The molecule has 0 radical (unpaired) electrons. The quantitative estimate of drug-likeness (QED) is 0.858. The Morgan fingerprint density at radius 3 is 2.79 bits per heavy atom. The van der Waals surface area contributed by atoms with Gasteiger partial charge in [-0.15, -0.1) is 0 Å². The van der Waals surface area contributed by atoms with E-state index in [4.69, 9.17) is 9.84 Å². The van der Waals surface area contributed by atoms with Crippen LogP contribution in [0, 0.1) is 0 Å². The first kappa shape index (κ1) is 14.4. The normalized spacial score (nSPS) is 17.1. The molecule has 3 heteroatoms. The van der Waals surface area contributed by atoms with Gasteiger partial charge < -0.3 is 15.2 Å². The second-order valence-electron chi connectivity index (χ2n) is 6.69. The van der Waals surface area contributed by atoms with Crippen molar-refractivity contribution in [3.8, 4) is 5.75 Å². The Morgan fingerprint density at radius 1 is 1.37 bits per heavy atom. The largest absolute Gasteiger partial charge is 0.487 e. The van der Waals surface area contributed by atoms with E-state index in [2.05, 4.69) is 51.2 Å². The number of aliphatic hydroxyl groups excluding tert-OH is 1. The van der Waals surface area contributed by atoms with E-state index in [0.29, 0.717) is 0 Å². The van der Waals surface area contributed by atoms with Gasteiger partial charge in [-0.25, -0.2) is 0 Å². The Labute approximate surface area is 116 Å². The average Bonchev–Trinajstić information content (AvgIpc) is 2.59. The summed E-state index contributed by atoms with van der Waals surface area (Å²) < 4.78 is 5.88. The van der Waals surface area contributed by atoms with Gasteiger partial charge in [-0.1, -0.05) is 12.1 Å². The third kappa shape index (κ3) is 3.71. The minimum Gasteiger partial charge on any atom is -0.487 e. The van der Waals surface area contributed by atoms with Crippen LogP contribution in [-0.4, -0.2) is 22.9 Å². The number of rotatable bonds is 5. The summed E-state index contributed by atoms with van der Waals surface area (Å²) in [5.74, 6) is 1.02. The van der Waals surface area contributed by atoms with Crippen LogP contribution in [-0.2, 0) is 13.0 Å². The molecular weight excluding hydrogens is 238 g/mol. The molecule has 0 spiro atoms. The first-order valence-corrected chi connectivity index (χ1v) is 6.98. The summed E-state index contributed by atoms with van der Waals surface area (Å²) in [6.07, 6.45) is 1.73. The van der Waals surface area contributed by atoms with Crippen molar-refractivity contribution in [2.24, 2.45) is 0 Å².